The molecule has 1 saturated heterocycles. The molecule has 0 unspecified atom stereocenters. The van der Waals surface area contributed by atoms with Gasteiger partial charge in [0.2, 0.25) is 5.95 Å². The van der Waals surface area contributed by atoms with E-state index in [1.165, 1.54) is 6.42 Å². The minimum atomic E-state index is -0.471. The predicted octanol–water partition coefficient (Wildman–Crippen LogP) is 3.03. The highest BCUT2D eigenvalue weighted by atomic mass is 16.3. The zero-order valence-corrected chi connectivity index (χ0v) is 16.2. The standard InChI is InChI=1S/C22H24N4O3/c27-14-9-7-13(8-10-14)17-18-15(5-4-6-16(18)28)23-20-19(17)21(29)25-22(24-20)26-11-2-1-3-12-26/h7-10,17,27H,1-6,11-12H2,(H2,23,24,25,29)/t17-/m1/s1. The average molecular weight is 392 g/mol. The maximum Gasteiger partial charge on any atom is 0.258 e. The molecule has 1 fully saturated rings. The Balaban J connectivity index is 1.67. The summed E-state index contributed by atoms with van der Waals surface area (Å²) in [6.45, 7) is 1.77. The first-order chi connectivity index (χ1) is 14.1. The molecule has 0 radical (unpaired) electrons. The molecule has 150 valence electrons. The third kappa shape index (κ3) is 3.10. The van der Waals surface area contributed by atoms with Crippen molar-refractivity contribution in [1.29, 1.82) is 0 Å². The summed E-state index contributed by atoms with van der Waals surface area (Å²) in [5.41, 5.74) is 2.60. The number of piperidine rings is 1. The van der Waals surface area contributed by atoms with Crippen molar-refractivity contribution in [3.05, 3.63) is 57.0 Å². The maximum absolute atomic E-state index is 13.2. The van der Waals surface area contributed by atoms with Gasteiger partial charge in [-0.3, -0.25) is 14.6 Å². The van der Waals surface area contributed by atoms with Gasteiger partial charge in [0.15, 0.2) is 5.78 Å². The number of aromatic amines is 1. The van der Waals surface area contributed by atoms with Crippen molar-refractivity contribution in [2.24, 2.45) is 0 Å². The summed E-state index contributed by atoms with van der Waals surface area (Å²) >= 11 is 0. The lowest BCUT2D eigenvalue weighted by Crippen LogP contribution is -2.36. The number of carbonyl (C=O) groups excluding carboxylic acids is 1. The molecule has 7 nitrogen and oxygen atoms in total. The lowest BCUT2D eigenvalue weighted by atomic mass is 9.76. The van der Waals surface area contributed by atoms with E-state index in [1.807, 2.05) is 0 Å². The van der Waals surface area contributed by atoms with Crippen molar-refractivity contribution in [3.8, 4) is 5.75 Å². The molecule has 2 aromatic rings. The Morgan fingerprint density at radius 1 is 1.00 bits per heavy atom. The molecule has 1 atom stereocenters. The number of phenolic OH excluding ortho intramolecular Hbond substituents is 1. The summed E-state index contributed by atoms with van der Waals surface area (Å²) in [4.78, 5) is 35.9. The second-order valence-corrected chi connectivity index (χ2v) is 8.02. The van der Waals surface area contributed by atoms with Crippen molar-refractivity contribution in [1.82, 2.24) is 9.97 Å². The number of nitrogens with one attached hydrogen (secondary N) is 2. The van der Waals surface area contributed by atoms with Crippen molar-refractivity contribution >= 4 is 17.5 Å². The number of hydrogen-bond donors (Lipinski definition) is 3. The third-order valence-electron chi connectivity index (χ3n) is 6.13. The Kier molecular flexibility index (Phi) is 4.38. The summed E-state index contributed by atoms with van der Waals surface area (Å²) in [5.74, 6) is 0.889. The zero-order chi connectivity index (χ0) is 20.0. The number of allylic oxidation sites excluding steroid dienone is 2. The largest absolute Gasteiger partial charge is 0.508 e. The first-order valence-corrected chi connectivity index (χ1v) is 10.3. The predicted molar refractivity (Wildman–Crippen MR) is 110 cm³/mol. The molecule has 29 heavy (non-hydrogen) atoms. The number of carbonyl (C=O) groups is 1. The second-order valence-electron chi connectivity index (χ2n) is 8.02. The minimum absolute atomic E-state index is 0.0713. The van der Waals surface area contributed by atoms with Gasteiger partial charge in [0.05, 0.1) is 5.56 Å². The number of Topliss-reactive ketones (excluding diaryl/α,β-unsaturated/α-hetero) is 1. The lowest BCUT2D eigenvalue weighted by Gasteiger charge is -2.34. The van der Waals surface area contributed by atoms with Crippen LogP contribution in [0.3, 0.4) is 0 Å². The highest BCUT2D eigenvalue weighted by Gasteiger charge is 2.38. The Labute approximate surface area is 168 Å². The quantitative estimate of drug-likeness (QED) is 0.727. The lowest BCUT2D eigenvalue weighted by molar-refractivity contribution is -0.116. The van der Waals surface area contributed by atoms with Crippen LogP contribution in [0.2, 0.25) is 0 Å². The summed E-state index contributed by atoms with van der Waals surface area (Å²) < 4.78 is 0. The molecule has 1 aromatic carbocycles. The molecule has 7 heteroatoms. The molecule has 3 aliphatic rings. The van der Waals surface area contributed by atoms with Crippen molar-refractivity contribution in [2.45, 2.75) is 44.4 Å². The smallest absolute Gasteiger partial charge is 0.258 e. The maximum atomic E-state index is 13.2. The van der Waals surface area contributed by atoms with E-state index in [0.29, 0.717) is 29.3 Å². The number of phenols is 1. The van der Waals surface area contributed by atoms with Crippen molar-refractivity contribution < 1.29 is 9.90 Å². The van der Waals surface area contributed by atoms with Gasteiger partial charge in [-0.2, -0.15) is 4.98 Å². The third-order valence-corrected chi connectivity index (χ3v) is 6.13. The molecule has 0 saturated carbocycles. The van der Waals surface area contributed by atoms with Gasteiger partial charge in [-0.25, -0.2) is 0 Å². The zero-order valence-electron chi connectivity index (χ0n) is 16.2. The monoisotopic (exact) mass is 392 g/mol. The summed E-state index contributed by atoms with van der Waals surface area (Å²) in [6, 6.07) is 6.74. The van der Waals surface area contributed by atoms with E-state index in [4.69, 9.17) is 4.98 Å². The molecule has 1 aliphatic carbocycles. The van der Waals surface area contributed by atoms with Crippen LogP contribution in [0.25, 0.3) is 0 Å². The van der Waals surface area contributed by atoms with E-state index >= 15 is 0 Å². The van der Waals surface area contributed by atoms with Gasteiger partial charge < -0.3 is 15.3 Å². The molecule has 0 bridgehead atoms. The van der Waals surface area contributed by atoms with Crippen LogP contribution in [-0.2, 0) is 4.79 Å². The number of H-pyrrole nitrogens is 1. The Hall–Kier alpha value is -3.09. The SMILES string of the molecule is O=C1CCCC2=C1[C@@H](c1ccc(O)cc1)c1c(nc(N3CCCCC3)[nH]c1=O)N2. The van der Waals surface area contributed by atoms with Crippen LogP contribution in [0.15, 0.2) is 40.3 Å². The molecule has 0 amide bonds. The highest BCUT2D eigenvalue weighted by molar-refractivity contribution is 6.00. The summed E-state index contributed by atoms with van der Waals surface area (Å²) in [7, 11) is 0. The summed E-state index contributed by atoms with van der Waals surface area (Å²) in [5, 5.41) is 13.0. The van der Waals surface area contributed by atoms with E-state index in [0.717, 1.165) is 50.0 Å². The van der Waals surface area contributed by atoms with Crippen molar-refractivity contribution in [3.63, 3.8) is 0 Å². The number of fused-ring (bicyclic) bond motifs is 1. The number of rotatable bonds is 2. The molecule has 3 N–H and O–H groups in total. The van der Waals surface area contributed by atoms with Crippen LogP contribution in [-0.4, -0.2) is 33.9 Å². The van der Waals surface area contributed by atoms with Gasteiger partial charge in [0.25, 0.3) is 5.56 Å². The Bertz CT molecular complexity index is 1050. The number of aromatic hydroxyl groups is 1. The second kappa shape index (κ2) is 7.06. The molecular formula is C22H24N4O3. The number of ketones is 1. The number of anilines is 2. The molecule has 1 aromatic heterocycles. The fraction of sp³-hybridized carbons (Fsp3) is 0.409. The Morgan fingerprint density at radius 2 is 1.76 bits per heavy atom. The van der Waals surface area contributed by atoms with Crippen LogP contribution in [0.5, 0.6) is 5.75 Å². The number of benzene rings is 1. The molecule has 2 aliphatic heterocycles. The number of nitrogens with zero attached hydrogens (tertiary/aromatic N) is 2. The van der Waals surface area contributed by atoms with E-state index in [-0.39, 0.29) is 17.1 Å². The topological polar surface area (TPSA) is 98.3 Å². The highest BCUT2D eigenvalue weighted by Crippen LogP contribution is 2.43. The van der Waals surface area contributed by atoms with Crippen LogP contribution in [0, 0.1) is 0 Å². The van der Waals surface area contributed by atoms with E-state index in [2.05, 4.69) is 15.2 Å². The van der Waals surface area contributed by atoms with Crippen LogP contribution >= 0.6 is 0 Å². The first kappa shape index (κ1) is 18.0. The molecular weight excluding hydrogens is 368 g/mol. The van der Waals surface area contributed by atoms with Gasteiger partial charge in [-0.15, -0.1) is 0 Å². The van der Waals surface area contributed by atoms with Gasteiger partial charge in [0, 0.05) is 36.7 Å². The fourth-order valence-corrected chi connectivity index (χ4v) is 4.70. The molecule has 3 heterocycles. The van der Waals surface area contributed by atoms with Gasteiger partial charge in [-0.05, 0) is 49.8 Å². The van der Waals surface area contributed by atoms with Gasteiger partial charge >= 0.3 is 0 Å². The van der Waals surface area contributed by atoms with E-state index < -0.39 is 5.92 Å². The summed E-state index contributed by atoms with van der Waals surface area (Å²) in [6.07, 6.45) is 5.43. The van der Waals surface area contributed by atoms with E-state index in [9.17, 15) is 14.7 Å². The number of aromatic nitrogens is 2. The number of hydrogen-bond acceptors (Lipinski definition) is 6. The fourth-order valence-electron chi connectivity index (χ4n) is 4.70. The van der Waals surface area contributed by atoms with E-state index in [1.54, 1.807) is 24.3 Å². The van der Waals surface area contributed by atoms with Crippen molar-refractivity contribution in [2.75, 3.05) is 23.3 Å². The minimum Gasteiger partial charge on any atom is -0.508 e. The first-order valence-electron chi connectivity index (χ1n) is 10.3. The van der Waals surface area contributed by atoms with Crippen LogP contribution in [0.1, 0.15) is 55.6 Å². The van der Waals surface area contributed by atoms with Crippen LogP contribution < -0.4 is 15.8 Å². The molecule has 5 rings (SSSR count). The van der Waals surface area contributed by atoms with Crippen LogP contribution in [0.4, 0.5) is 11.8 Å². The Morgan fingerprint density at radius 3 is 2.52 bits per heavy atom. The normalized spacial score (nSPS) is 21.4. The van der Waals surface area contributed by atoms with Gasteiger partial charge in [0.1, 0.15) is 11.6 Å². The average Bonchev–Trinajstić information content (AvgIpc) is 2.74. The molecule has 0 spiro atoms. The van der Waals surface area contributed by atoms with Gasteiger partial charge in [-0.1, -0.05) is 12.1 Å².